The summed E-state index contributed by atoms with van der Waals surface area (Å²) in [6.45, 7) is 1.88. The van der Waals surface area contributed by atoms with Crippen LogP contribution in [0.5, 0.6) is 0 Å². The molecule has 1 aromatic carbocycles. The second-order valence-electron chi connectivity index (χ2n) is 8.70. The molecule has 1 N–H and O–H groups in total. The van der Waals surface area contributed by atoms with Crippen molar-refractivity contribution in [3.05, 3.63) is 80.2 Å². The van der Waals surface area contributed by atoms with E-state index >= 15 is 0 Å². The molecule has 6 nitrogen and oxygen atoms in total. The molecule has 2 aromatic heterocycles. The summed E-state index contributed by atoms with van der Waals surface area (Å²) in [7, 11) is 0. The summed E-state index contributed by atoms with van der Waals surface area (Å²) in [5.41, 5.74) is 3.29. The molecular formula is C25H28N4O2S2. The van der Waals surface area contributed by atoms with E-state index in [2.05, 4.69) is 16.8 Å². The van der Waals surface area contributed by atoms with E-state index in [4.69, 9.17) is 17.6 Å². The summed E-state index contributed by atoms with van der Waals surface area (Å²) < 4.78 is 1.75. The van der Waals surface area contributed by atoms with Crippen LogP contribution in [0.1, 0.15) is 59.6 Å². The number of thiophene rings is 1. The number of nitrogens with zero attached hydrogens (tertiary/aromatic N) is 3. The Morgan fingerprint density at radius 1 is 1.21 bits per heavy atom. The third-order valence-corrected chi connectivity index (χ3v) is 7.86. The summed E-state index contributed by atoms with van der Waals surface area (Å²) >= 11 is 6.42. The number of thiol groups is 1. The Morgan fingerprint density at radius 3 is 2.73 bits per heavy atom. The molecule has 5 rings (SSSR count). The smallest absolute Gasteiger partial charge is 0.264 e. The molecule has 1 unspecified atom stereocenters. The van der Waals surface area contributed by atoms with E-state index in [0.717, 1.165) is 36.6 Å². The summed E-state index contributed by atoms with van der Waals surface area (Å²) in [5, 5.41) is 6.89. The van der Waals surface area contributed by atoms with Crippen LogP contribution in [0, 0.1) is 0 Å². The highest BCUT2D eigenvalue weighted by Gasteiger charge is 2.35. The van der Waals surface area contributed by atoms with E-state index in [0.29, 0.717) is 37.4 Å². The maximum atomic E-state index is 13.8. The zero-order chi connectivity index (χ0) is 22.8. The summed E-state index contributed by atoms with van der Waals surface area (Å²) in [5.74, 6) is 1.18. The van der Waals surface area contributed by atoms with E-state index in [-0.39, 0.29) is 11.5 Å². The highest BCUT2D eigenvalue weighted by atomic mass is 32.1. The zero-order valence-corrected chi connectivity index (χ0v) is 20.2. The van der Waals surface area contributed by atoms with Crippen LogP contribution in [0.4, 0.5) is 0 Å². The lowest BCUT2D eigenvalue weighted by Crippen LogP contribution is -2.44. The van der Waals surface area contributed by atoms with Gasteiger partial charge in [0.2, 0.25) is 5.91 Å². The summed E-state index contributed by atoms with van der Waals surface area (Å²) in [6.07, 6.45) is 4.25. The van der Waals surface area contributed by atoms with Crippen molar-refractivity contribution in [2.24, 2.45) is 0 Å². The summed E-state index contributed by atoms with van der Waals surface area (Å²) in [6, 6.07) is 11.8. The van der Waals surface area contributed by atoms with E-state index in [1.165, 1.54) is 12.0 Å². The average Bonchev–Trinajstić information content (AvgIpc) is 3.30. The number of para-hydroxylation sites is 1. The maximum Gasteiger partial charge on any atom is 0.264 e. The molecule has 1 fully saturated rings. The highest BCUT2D eigenvalue weighted by molar-refractivity contribution is 7.80. The van der Waals surface area contributed by atoms with Crippen LogP contribution < -0.4 is 10.9 Å². The number of benzene rings is 1. The Labute approximate surface area is 203 Å². The SMILES string of the molecule is O=C(CCNCc1ccsc1)N1CCc2nc(C3CCC3)n(-c3ccccc3)c(=O)c2C1S. The lowest BCUT2D eigenvalue weighted by atomic mass is 9.84. The van der Waals surface area contributed by atoms with Crippen molar-refractivity contribution in [2.75, 3.05) is 13.1 Å². The minimum Gasteiger partial charge on any atom is -0.326 e. The number of hydrogen-bond acceptors (Lipinski definition) is 6. The first-order valence-electron chi connectivity index (χ1n) is 11.5. The molecule has 172 valence electrons. The van der Waals surface area contributed by atoms with Gasteiger partial charge in [-0.25, -0.2) is 4.98 Å². The Kier molecular flexibility index (Phi) is 6.66. The molecular weight excluding hydrogens is 452 g/mol. The minimum absolute atomic E-state index is 0.00667. The van der Waals surface area contributed by atoms with Crippen LogP contribution in [0.15, 0.2) is 52.0 Å². The van der Waals surface area contributed by atoms with Crippen molar-refractivity contribution in [2.45, 2.75) is 49.9 Å². The van der Waals surface area contributed by atoms with Gasteiger partial charge in [0.25, 0.3) is 5.56 Å². The van der Waals surface area contributed by atoms with Crippen LogP contribution in [0.2, 0.25) is 0 Å². The van der Waals surface area contributed by atoms with Crippen LogP contribution in [0.3, 0.4) is 0 Å². The van der Waals surface area contributed by atoms with Crippen molar-refractivity contribution >= 4 is 29.9 Å². The van der Waals surface area contributed by atoms with Crippen molar-refractivity contribution < 1.29 is 4.79 Å². The molecule has 8 heteroatoms. The second kappa shape index (κ2) is 9.83. The quantitative estimate of drug-likeness (QED) is 0.395. The molecule has 0 bridgehead atoms. The lowest BCUT2D eigenvalue weighted by Gasteiger charge is -2.35. The van der Waals surface area contributed by atoms with Gasteiger partial charge in [-0.05, 0) is 47.4 Å². The van der Waals surface area contributed by atoms with Crippen molar-refractivity contribution in [3.8, 4) is 5.69 Å². The standard InChI is InChI=1S/C25H28N4O2S2/c30-21(9-12-26-15-17-11-14-33-16-17)28-13-10-20-22(25(28)32)24(31)29(19-7-2-1-3-8-19)23(27-20)18-5-4-6-18/h1-3,7-8,11,14,16,18,25-26,32H,4-6,9-10,12-13,15H2. The minimum atomic E-state index is -0.580. The van der Waals surface area contributed by atoms with Crippen LogP contribution in [-0.4, -0.2) is 33.4 Å². The van der Waals surface area contributed by atoms with Gasteiger partial charge in [-0.1, -0.05) is 24.6 Å². The molecule has 2 aliphatic rings. The van der Waals surface area contributed by atoms with Gasteiger partial charge in [0.1, 0.15) is 11.2 Å². The Bertz CT molecular complexity index is 1170. The predicted molar refractivity (Wildman–Crippen MR) is 134 cm³/mol. The number of rotatable bonds is 7. The van der Waals surface area contributed by atoms with Gasteiger partial charge in [0.15, 0.2) is 0 Å². The van der Waals surface area contributed by atoms with Gasteiger partial charge in [-0.2, -0.15) is 11.3 Å². The third-order valence-electron chi connectivity index (χ3n) is 6.60. The molecule has 1 saturated carbocycles. The third kappa shape index (κ3) is 4.52. The Hall–Kier alpha value is -2.42. The molecule has 1 aliphatic heterocycles. The summed E-state index contributed by atoms with van der Waals surface area (Å²) in [4.78, 5) is 33.5. The molecule has 0 saturated heterocycles. The molecule has 1 atom stereocenters. The van der Waals surface area contributed by atoms with E-state index in [1.807, 2.05) is 35.7 Å². The molecule has 0 spiro atoms. The largest absolute Gasteiger partial charge is 0.326 e. The maximum absolute atomic E-state index is 13.8. The van der Waals surface area contributed by atoms with Gasteiger partial charge in [-0.15, -0.1) is 12.6 Å². The Morgan fingerprint density at radius 2 is 2.03 bits per heavy atom. The number of amides is 1. The number of aromatic nitrogens is 2. The molecule has 3 heterocycles. The molecule has 3 aromatic rings. The van der Waals surface area contributed by atoms with E-state index in [1.54, 1.807) is 20.8 Å². The van der Waals surface area contributed by atoms with Gasteiger partial charge in [0.05, 0.1) is 16.9 Å². The zero-order valence-electron chi connectivity index (χ0n) is 18.4. The van der Waals surface area contributed by atoms with Gasteiger partial charge < -0.3 is 10.2 Å². The van der Waals surface area contributed by atoms with Gasteiger partial charge in [0, 0.05) is 38.4 Å². The topological polar surface area (TPSA) is 67.2 Å². The van der Waals surface area contributed by atoms with Crippen molar-refractivity contribution in [1.29, 1.82) is 0 Å². The fourth-order valence-corrected chi connectivity index (χ4v) is 5.72. The molecule has 0 radical (unpaired) electrons. The first kappa shape index (κ1) is 22.4. The van der Waals surface area contributed by atoms with Crippen molar-refractivity contribution in [3.63, 3.8) is 0 Å². The van der Waals surface area contributed by atoms with Crippen LogP contribution in [-0.2, 0) is 17.8 Å². The normalized spacial score (nSPS) is 18.1. The number of fused-ring (bicyclic) bond motifs is 1. The fourth-order valence-electron chi connectivity index (χ4n) is 4.54. The molecule has 1 aliphatic carbocycles. The number of hydrogen-bond donors (Lipinski definition) is 2. The van der Waals surface area contributed by atoms with Crippen molar-refractivity contribution in [1.82, 2.24) is 19.8 Å². The molecule has 33 heavy (non-hydrogen) atoms. The lowest BCUT2D eigenvalue weighted by molar-refractivity contribution is -0.132. The van der Waals surface area contributed by atoms with Crippen LogP contribution in [0.25, 0.3) is 5.69 Å². The second-order valence-corrected chi connectivity index (χ2v) is 9.97. The monoisotopic (exact) mass is 480 g/mol. The highest BCUT2D eigenvalue weighted by Crippen LogP contribution is 2.38. The Balaban J connectivity index is 1.38. The number of carbonyl (C=O) groups is 1. The first-order valence-corrected chi connectivity index (χ1v) is 13.0. The first-order chi connectivity index (χ1) is 16.1. The average molecular weight is 481 g/mol. The van der Waals surface area contributed by atoms with E-state index < -0.39 is 5.37 Å². The fraction of sp³-hybridized carbons (Fsp3) is 0.400. The van der Waals surface area contributed by atoms with Gasteiger partial charge >= 0.3 is 0 Å². The van der Waals surface area contributed by atoms with E-state index in [9.17, 15) is 9.59 Å². The molecule has 1 amide bonds. The van der Waals surface area contributed by atoms with Gasteiger partial charge in [-0.3, -0.25) is 14.2 Å². The van der Waals surface area contributed by atoms with Crippen LogP contribution >= 0.6 is 24.0 Å². The number of carbonyl (C=O) groups excluding carboxylic acids is 1. The number of nitrogens with one attached hydrogen (secondary N) is 1. The predicted octanol–water partition coefficient (Wildman–Crippen LogP) is 4.05.